The molecule has 1 aliphatic rings. The van der Waals surface area contributed by atoms with Crippen LogP contribution in [0.5, 0.6) is 0 Å². The summed E-state index contributed by atoms with van der Waals surface area (Å²) in [5, 5.41) is 3.47. The van der Waals surface area contributed by atoms with Crippen molar-refractivity contribution in [1.82, 2.24) is 10.2 Å². The van der Waals surface area contributed by atoms with Crippen molar-refractivity contribution in [1.29, 1.82) is 0 Å². The van der Waals surface area contributed by atoms with E-state index in [0.717, 1.165) is 26.3 Å². The summed E-state index contributed by atoms with van der Waals surface area (Å²) in [6, 6.07) is 1.32. The first-order chi connectivity index (χ1) is 7.70. The first-order valence-corrected chi connectivity index (χ1v) is 6.75. The van der Waals surface area contributed by atoms with Gasteiger partial charge in [-0.25, -0.2) is 0 Å². The van der Waals surface area contributed by atoms with Crippen LogP contribution in [-0.4, -0.2) is 49.8 Å². The molecule has 0 radical (unpaired) electrons. The molecule has 1 heterocycles. The average Bonchev–Trinajstić information content (AvgIpc) is 2.52. The molecule has 0 bridgehead atoms. The summed E-state index contributed by atoms with van der Waals surface area (Å²) in [7, 11) is 0. The smallest absolute Gasteiger partial charge is 0.0593 e. The maximum atomic E-state index is 5.48. The highest BCUT2D eigenvalue weighted by Crippen LogP contribution is 2.09. The first-order valence-electron chi connectivity index (χ1n) is 6.75. The van der Waals surface area contributed by atoms with Gasteiger partial charge in [0.2, 0.25) is 0 Å². The molecule has 1 rings (SSSR count). The van der Waals surface area contributed by atoms with Crippen molar-refractivity contribution in [2.75, 3.05) is 32.8 Å². The predicted octanol–water partition coefficient (Wildman–Crippen LogP) is 1.88. The molecule has 96 valence electrons. The van der Waals surface area contributed by atoms with Gasteiger partial charge < -0.3 is 10.1 Å². The lowest BCUT2D eigenvalue weighted by Gasteiger charge is -2.27. The predicted molar refractivity (Wildman–Crippen MR) is 68.8 cm³/mol. The summed E-state index contributed by atoms with van der Waals surface area (Å²) in [5.41, 5.74) is 0. The Labute approximate surface area is 101 Å². The van der Waals surface area contributed by atoms with Crippen LogP contribution in [0, 0.1) is 0 Å². The van der Waals surface area contributed by atoms with Gasteiger partial charge in [0, 0.05) is 31.8 Å². The van der Waals surface area contributed by atoms with E-state index in [-0.39, 0.29) is 0 Å². The zero-order chi connectivity index (χ0) is 11.8. The summed E-state index contributed by atoms with van der Waals surface area (Å²) < 4.78 is 5.48. The Morgan fingerprint density at radius 2 is 2.00 bits per heavy atom. The monoisotopic (exact) mass is 228 g/mol. The molecule has 1 N–H and O–H groups in total. The molecule has 3 nitrogen and oxygen atoms in total. The third-order valence-corrected chi connectivity index (χ3v) is 3.23. The summed E-state index contributed by atoms with van der Waals surface area (Å²) in [6.45, 7) is 12.1. The number of ether oxygens (including phenoxy) is 1. The van der Waals surface area contributed by atoms with Gasteiger partial charge in [0.25, 0.3) is 0 Å². The van der Waals surface area contributed by atoms with Gasteiger partial charge in [-0.2, -0.15) is 0 Å². The van der Waals surface area contributed by atoms with Crippen LogP contribution in [0.1, 0.15) is 40.0 Å². The Bertz CT molecular complexity index is 165. The molecular weight excluding hydrogens is 200 g/mol. The maximum absolute atomic E-state index is 5.48. The minimum atomic E-state index is 0.613. The number of rotatable bonds is 6. The lowest BCUT2D eigenvalue weighted by atomic mass is 10.1. The molecule has 0 amide bonds. The van der Waals surface area contributed by atoms with Crippen LogP contribution < -0.4 is 5.32 Å². The Morgan fingerprint density at radius 1 is 1.19 bits per heavy atom. The summed E-state index contributed by atoms with van der Waals surface area (Å²) in [6.07, 6.45) is 3.75. The zero-order valence-corrected chi connectivity index (χ0v) is 11.2. The second-order valence-electron chi connectivity index (χ2n) is 5.10. The molecule has 1 atom stereocenters. The third-order valence-electron chi connectivity index (χ3n) is 3.23. The highest BCUT2D eigenvalue weighted by Gasteiger charge is 2.15. The van der Waals surface area contributed by atoms with Gasteiger partial charge in [0.15, 0.2) is 0 Å². The zero-order valence-electron chi connectivity index (χ0n) is 11.2. The fraction of sp³-hybridized carbons (Fsp3) is 1.00. The van der Waals surface area contributed by atoms with Crippen molar-refractivity contribution in [3.05, 3.63) is 0 Å². The van der Waals surface area contributed by atoms with Crippen molar-refractivity contribution in [2.45, 2.75) is 52.1 Å². The van der Waals surface area contributed by atoms with Gasteiger partial charge in [-0.05, 0) is 32.7 Å². The van der Waals surface area contributed by atoms with E-state index in [2.05, 4.69) is 31.0 Å². The Balaban J connectivity index is 2.10. The number of nitrogens with one attached hydrogen (secondary N) is 1. The third kappa shape index (κ3) is 5.83. The topological polar surface area (TPSA) is 24.5 Å². The minimum Gasteiger partial charge on any atom is -0.380 e. The van der Waals surface area contributed by atoms with E-state index >= 15 is 0 Å². The van der Waals surface area contributed by atoms with Gasteiger partial charge in [-0.1, -0.05) is 13.8 Å². The molecule has 3 heteroatoms. The normalized spacial score (nSPS) is 21.0. The second kappa shape index (κ2) is 8.04. The molecule has 0 aromatic carbocycles. The minimum absolute atomic E-state index is 0.613. The quantitative estimate of drug-likeness (QED) is 0.703. The van der Waals surface area contributed by atoms with E-state index in [9.17, 15) is 0 Å². The fourth-order valence-electron chi connectivity index (χ4n) is 2.18. The largest absolute Gasteiger partial charge is 0.380 e. The molecule has 0 saturated carbocycles. The van der Waals surface area contributed by atoms with E-state index in [1.807, 2.05) is 0 Å². The van der Waals surface area contributed by atoms with E-state index < -0.39 is 0 Å². The van der Waals surface area contributed by atoms with Crippen molar-refractivity contribution < 1.29 is 4.74 Å². The van der Waals surface area contributed by atoms with Crippen molar-refractivity contribution in [2.24, 2.45) is 0 Å². The maximum Gasteiger partial charge on any atom is 0.0593 e. The van der Waals surface area contributed by atoms with Crippen LogP contribution in [0.2, 0.25) is 0 Å². The standard InChI is InChI=1S/C13H28N2O/c1-12(2)14-7-4-6-13(3)15-8-5-10-16-11-9-15/h12-14H,4-11H2,1-3H3. The van der Waals surface area contributed by atoms with Crippen LogP contribution >= 0.6 is 0 Å². The first kappa shape index (κ1) is 13.9. The molecule has 0 aliphatic carbocycles. The van der Waals surface area contributed by atoms with Crippen LogP contribution in [0.4, 0.5) is 0 Å². The summed E-state index contributed by atoms with van der Waals surface area (Å²) >= 11 is 0. The SMILES string of the molecule is CC(C)NCCCC(C)N1CCCOCC1. The Kier molecular flexibility index (Phi) is 7.01. The van der Waals surface area contributed by atoms with E-state index in [1.54, 1.807) is 0 Å². The van der Waals surface area contributed by atoms with E-state index in [0.29, 0.717) is 12.1 Å². The lowest BCUT2D eigenvalue weighted by molar-refractivity contribution is 0.132. The van der Waals surface area contributed by atoms with Crippen LogP contribution in [-0.2, 0) is 4.74 Å². The fourth-order valence-corrected chi connectivity index (χ4v) is 2.18. The lowest BCUT2D eigenvalue weighted by Crippen LogP contribution is -2.35. The Hall–Kier alpha value is -0.120. The van der Waals surface area contributed by atoms with Gasteiger partial charge >= 0.3 is 0 Å². The van der Waals surface area contributed by atoms with Crippen molar-refractivity contribution >= 4 is 0 Å². The van der Waals surface area contributed by atoms with Crippen molar-refractivity contribution in [3.63, 3.8) is 0 Å². The van der Waals surface area contributed by atoms with Crippen LogP contribution in [0.15, 0.2) is 0 Å². The average molecular weight is 228 g/mol. The summed E-state index contributed by atoms with van der Waals surface area (Å²) in [5.74, 6) is 0. The number of hydrogen-bond acceptors (Lipinski definition) is 3. The highest BCUT2D eigenvalue weighted by molar-refractivity contribution is 4.70. The molecule has 1 fully saturated rings. The number of hydrogen-bond donors (Lipinski definition) is 1. The van der Waals surface area contributed by atoms with Gasteiger partial charge in [-0.15, -0.1) is 0 Å². The molecule has 0 spiro atoms. The van der Waals surface area contributed by atoms with E-state index in [1.165, 1.54) is 25.8 Å². The molecule has 0 aromatic rings. The Morgan fingerprint density at radius 3 is 2.75 bits per heavy atom. The molecular formula is C13H28N2O. The molecule has 1 unspecified atom stereocenters. The van der Waals surface area contributed by atoms with Gasteiger partial charge in [-0.3, -0.25) is 4.90 Å². The molecule has 1 aliphatic heterocycles. The molecule has 0 aromatic heterocycles. The van der Waals surface area contributed by atoms with Crippen LogP contribution in [0.3, 0.4) is 0 Å². The number of nitrogens with zero attached hydrogens (tertiary/aromatic N) is 1. The van der Waals surface area contributed by atoms with Crippen molar-refractivity contribution in [3.8, 4) is 0 Å². The van der Waals surface area contributed by atoms with E-state index in [4.69, 9.17) is 4.74 Å². The summed E-state index contributed by atoms with van der Waals surface area (Å²) in [4.78, 5) is 2.57. The molecule has 1 saturated heterocycles. The molecule has 16 heavy (non-hydrogen) atoms. The van der Waals surface area contributed by atoms with Gasteiger partial charge in [0.05, 0.1) is 6.61 Å². The van der Waals surface area contributed by atoms with Crippen LogP contribution in [0.25, 0.3) is 0 Å². The van der Waals surface area contributed by atoms with Gasteiger partial charge in [0.1, 0.15) is 0 Å². The second-order valence-corrected chi connectivity index (χ2v) is 5.10. The highest BCUT2D eigenvalue weighted by atomic mass is 16.5.